The zero-order valence-corrected chi connectivity index (χ0v) is 13.7. The number of halogens is 1. The lowest BCUT2D eigenvalue weighted by atomic mass is 10.00. The molecule has 1 aromatic heterocycles. The molecule has 0 saturated carbocycles. The number of ether oxygens (including phenoxy) is 1. The summed E-state index contributed by atoms with van der Waals surface area (Å²) in [5, 5.41) is 8.42. The average Bonchev–Trinajstić information content (AvgIpc) is 3.06. The summed E-state index contributed by atoms with van der Waals surface area (Å²) in [6, 6.07) is 4.22. The van der Waals surface area contributed by atoms with E-state index in [1.807, 2.05) is 19.1 Å². The van der Waals surface area contributed by atoms with Gasteiger partial charge >= 0.3 is 0 Å². The van der Waals surface area contributed by atoms with Gasteiger partial charge in [0.25, 0.3) is 0 Å². The summed E-state index contributed by atoms with van der Waals surface area (Å²) in [7, 11) is 0. The number of rotatable bonds is 5. The van der Waals surface area contributed by atoms with Crippen LogP contribution in [0.5, 0.6) is 5.75 Å². The van der Waals surface area contributed by atoms with E-state index in [0.717, 1.165) is 48.0 Å². The molecule has 3 rings (SSSR count). The maximum absolute atomic E-state index is 6.25. The van der Waals surface area contributed by atoms with Gasteiger partial charge < -0.3 is 10.1 Å². The lowest BCUT2D eigenvalue weighted by Gasteiger charge is -2.18. The number of nitrogens with zero attached hydrogens (tertiary/aromatic N) is 2. The minimum atomic E-state index is 0.196. The molecule has 4 nitrogen and oxygen atoms in total. The first-order valence-corrected chi connectivity index (χ1v) is 8.30. The molecule has 1 unspecified atom stereocenters. The number of benzene rings is 1. The number of fused-ring (bicyclic) bond motifs is 1. The number of hydrogen-bond donors (Lipinski definition) is 1. The Morgan fingerprint density at radius 2 is 2.33 bits per heavy atom. The van der Waals surface area contributed by atoms with Gasteiger partial charge in [-0.05, 0) is 54.7 Å². The fraction of sp³-hybridized carbons (Fsp3) is 0.467. The molecular weight excluding hydrogens is 306 g/mol. The van der Waals surface area contributed by atoms with Crippen molar-refractivity contribution in [3.05, 3.63) is 38.9 Å². The summed E-state index contributed by atoms with van der Waals surface area (Å²) in [4.78, 5) is 1.18. The number of nitrogens with one attached hydrogen (secondary N) is 1. The molecule has 1 aliphatic rings. The van der Waals surface area contributed by atoms with E-state index in [2.05, 4.69) is 21.8 Å². The quantitative estimate of drug-likeness (QED) is 0.917. The highest BCUT2D eigenvalue weighted by Gasteiger charge is 2.23. The molecule has 0 spiro atoms. The summed E-state index contributed by atoms with van der Waals surface area (Å²) in [6.07, 6.45) is 1.78. The Kier molecular flexibility index (Phi) is 4.42. The Balaban J connectivity index is 1.92. The van der Waals surface area contributed by atoms with Crippen LogP contribution < -0.4 is 10.1 Å². The molecule has 0 radical (unpaired) electrons. The number of aromatic nitrogens is 2. The molecule has 112 valence electrons. The third kappa shape index (κ3) is 3.05. The van der Waals surface area contributed by atoms with Gasteiger partial charge in [0, 0.05) is 17.5 Å². The second-order valence-electron chi connectivity index (χ2n) is 5.19. The molecule has 1 aliphatic heterocycles. The topological polar surface area (TPSA) is 47.0 Å². The van der Waals surface area contributed by atoms with Crippen LogP contribution in [-0.2, 0) is 12.8 Å². The molecule has 21 heavy (non-hydrogen) atoms. The van der Waals surface area contributed by atoms with Crippen molar-refractivity contribution >= 4 is 23.1 Å². The van der Waals surface area contributed by atoms with Gasteiger partial charge in [-0.1, -0.05) is 23.0 Å². The van der Waals surface area contributed by atoms with Gasteiger partial charge in [0.15, 0.2) is 0 Å². The molecule has 0 fully saturated rings. The summed E-state index contributed by atoms with van der Waals surface area (Å²) in [5.41, 5.74) is 3.37. The van der Waals surface area contributed by atoms with Gasteiger partial charge in [0.05, 0.1) is 17.2 Å². The zero-order valence-electron chi connectivity index (χ0n) is 12.1. The molecule has 0 amide bonds. The molecule has 2 heterocycles. The van der Waals surface area contributed by atoms with Crippen molar-refractivity contribution in [2.24, 2.45) is 0 Å². The highest BCUT2D eigenvalue weighted by Crippen LogP contribution is 2.36. The lowest BCUT2D eigenvalue weighted by Crippen LogP contribution is -2.23. The number of likely N-dealkylation sites (N-methyl/N-ethyl adjacent to an activating group) is 1. The Bertz CT molecular complexity index is 644. The summed E-state index contributed by atoms with van der Waals surface area (Å²) < 4.78 is 9.85. The van der Waals surface area contributed by atoms with Crippen LogP contribution in [-0.4, -0.2) is 22.7 Å². The van der Waals surface area contributed by atoms with Gasteiger partial charge in [-0.25, -0.2) is 0 Å². The van der Waals surface area contributed by atoms with Crippen molar-refractivity contribution in [2.75, 3.05) is 13.2 Å². The van der Waals surface area contributed by atoms with Crippen LogP contribution in [0, 0.1) is 6.92 Å². The maximum atomic E-state index is 6.25. The third-order valence-corrected chi connectivity index (χ3v) is 4.86. The van der Waals surface area contributed by atoms with E-state index < -0.39 is 0 Å². The monoisotopic (exact) mass is 323 g/mol. The normalized spacial score (nSPS) is 14.8. The minimum Gasteiger partial charge on any atom is -0.493 e. The number of hydrogen-bond acceptors (Lipinski definition) is 5. The molecule has 6 heteroatoms. The van der Waals surface area contributed by atoms with Crippen molar-refractivity contribution < 1.29 is 4.74 Å². The van der Waals surface area contributed by atoms with Crippen molar-refractivity contribution in [3.63, 3.8) is 0 Å². The van der Waals surface area contributed by atoms with Gasteiger partial charge in [-0.2, -0.15) is 0 Å². The number of aryl methyl sites for hydroxylation is 1. The van der Waals surface area contributed by atoms with Gasteiger partial charge in [0.1, 0.15) is 5.75 Å². The second-order valence-corrected chi connectivity index (χ2v) is 6.41. The van der Waals surface area contributed by atoms with E-state index in [-0.39, 0.29) is 6.04 Å². The van der Waals surface area contributed by atoms with E-state index in [0.29, 0.717) is 0 Å². The second kappa shape index (κ2) is 6.30. The molecule has 1 atom stereocenters. The van der Waals surface area contributed by atoms with Crippen LogP contribution in [0.4, 0.5) is 0 Å². The van der Waals surface area contributed by atoms with Crippen molar-refractivity contribution in [1.82, 2.24) is 14.9 Å². The van der Waals surface area contributed by atoms with E-state index in [4.69, 9.17) is 16.3 Å². The van der Waals surface area contributed by atoms with Crippen LogP contribution in [0.2, 0.25) is 5.02 Å². The van der Waals surface area contributed by atoms with Crippen LogP contribution in [0.3, 0.4) is 0 Å². The molecule has 0 aliphatic carbocycles. The first-order valence-electron chi connectivity index (χ1n) is 7.15. The van der Waals surface area contributed by atoms with E-state index in [1.165, 1.54) is 22.0 Å². The largest absolute Gasteiger partial charge is 0.493 e. The fourth-order valence-corrected chi connectivity index (χ4v) is 3.76. The predicted octanol–water partition coefficient (Wildman–Crippen LogP) is 3.33. The lowest BCUT2D eigenvalue weighted by molar-refractivity contribution is 0.351. The zero-order chi connectivity index (χ0) is 14.8. The first-order chi connectivity index (χ1) is 10.2. The predicted molar refractivity (Wildman–Crippen MR) is 85.4 cm³/mol. The maximum Gasteiger partial charge on any atom is 0.125 e. The Morgan fingerprint density at radius 1 is 1.48 bits per heavy atom. The summed E-state index contributed by atoms with van der Waals surface area (Å²) >= 11 is 7.70. The Labute approximate surface area is 133 Å². The summed E-state index contributed by atoms with van der Waals surface area (Å²) in [5.74, 6) is 1.01. The Morgan fingerprint density at radius 3 is 3.05 bits per heavy atom. The van der Waals surface area contributed by atoms with Gasteiger partial charge in [-0.3, -0.25) is 0 Å². The Hall–Kier alpha value is -1.17. The van der Waals surface area contributed by atoms with Gasteiger partial charge in [0.2, 0.25) is 0 Å². The standard InChI is InChI=1S/C15H18ClN3OS/c1-3-17-13(15-9(2)18-19-21-15)8-11-7-12(16)6-10-4-5-20-14(10)11/h6-7,13,17H,3-5,8H2,1-2H3. The van der Waals surface area contributed by atoms with E-state index >= 15 is 0 Å². The van der Waals surface area contributed by atoms with Crippen LogP contribution in [0.15, 0.2) is 12.1 Å². The molecule has 0 bridgehead atoms. The molecule has 1 aromatic carbocycles. The van der Waals surface area contributed by atoms with E-state index in [9.17, 15) is 0 Å². The highest BCUT2D eigenvalue weighted by atomic mass is 35.5. The first kappa shape index (κ1) is 14.8. The average molecular weight is 324 g/mol. The molecule has 2 aromatic rings. The smallest absolute Gasteiger partial charge is 0.125 e. The SMILES string of the molecule is CCNC(Cc1cc(Cl)cc2c1OCC2)c1snnc1C. The van der Waals surface area contributed by atoms with Crippen molar-refractivity contribution in [3.8, 4) is 5.75 Å². The van der Waals surface area contributed by atoms with Crippen LogP contribution >= 0.6 is 23.1 Å². The minimum absolute atomic E-state index is 0.196. The molecular formula is C15H18ClN3OS. The fourth-order valence-electron chi connectivity index (χ4n) is 2.78. The molecule has 0 saturated heterocycles. The summed E-state index contributed by atoms with van der Waals surface area (Å²) in [6.45, 7) is 5.75. The van der Waals surface area contributed by atoms with Crippen LogP contribution in [0.25, 0.3) is 0 Å². The van der Waals surface area contributed by atoms with Crippen LogP contribution in [0.1, 0.15) is 34.7 Å². The van der Waals surface area contributed by atoms with E-state index in [1.54, 1.807) is 0 Å². The van der Waals surface area contributed by atoms with Crippen molar-refractivity contribution in [1.29, 1.82) is 0 Å². The third-order valence-electron chi connectivity index (χ3n) is 3.70. The van der Waals surface area contributed by atoms with Crippen molar-refractivity contribution in [2.45, 2.75) is 32.7 Å². The van der Waals surface area contributed by atoms with Gasteiger partial charge in [-0.15, -0.1) is 5.10 Å². The molecule has 1 N–H and O–H groups in total. The highest BCUT2D eigenvalue weighted by molar-refractivity contribution is 7.05.